The second kappa shape index (κ2) is 11.3. The lowest BCUT2D eigenvalue weighted by Crippen LogP contribution is -2.53. The van der Waals surface area contributed by atoms with Crippen molar-refractivity contribution >= 4 is 35.0 Å². The zero-order valence-electron chi connectivity index (χ0n) is 20.1. The summed E-state index contributed by atoms with van der Waals surface area (Å²) < 4.78 is 11.2. The number of ether oxygens (including phenoxy) is 2. The molecule has 1 aliphatic rings. The van der Waals surface area contributed by atoms with Crippen molar-refractivity contribution in [2.24, 2.45) is 0 Å². The van der Waals surface area contributed by atoms with E-state index in [1.807, 2.05) is 45.9 Å². The second-order valence-electron chi connectivity index (χ2n) is 9.40. The van der Waals surface area contributed by atoms with Crippen molar-refractivity contribution in [2.75, 3.05) is 13.2 Å². The van der Waals surface area contributed by atoms with Crippen molar-refractivity contribution < 1.29 is 19.1 Å². The zero-order chi connectivity index (χ0) is 24.9. The number of nitrogens with zero attached hydrogens (tertiary/aromatic N) is 1. The highest BCUT2D eigenvalue weighted by atomic mass is 35.5. The van der Waals surface area contributed by atoms with E-state index in [2.05, 4.69) is 5.32 Å². The second-order valence-corrected chi connectivity index (χ2v) is 10.2. The van der Waals surface area contributed by atoms with Gasteiger partial charge in [0.25, 0.3) is 0 Å². The maximum absolute atomic E-state index is 13.5. The highest BCUT2D eigenvalue weighted by Crippen LogP contribution is 2.31. The number of halogens is 2. The average molecular weight is 507 g/mol. The number of carbonyl (C=O) groups excluding carboxylic acids is 2. The van der Waals surface area contributed by atoms with Gasteiger partial charge in [0.05, 0.1) is 0 Å². The molecule has 2 aromatic carbocycles. The topological polar surface area (TPSA) is 67.9 Å². The van der Waals surface area contributed by atoms with E-state index in [1.165, 1.54) is 0 Å². The Hall–Kier alpha value is -2.44. The normalized spacial score (nSPS) is 13.8. The van der Waals surface area contributed by atoms with Gasteiger partial charge >= 0.3 is 0 Å². The summed E-state index contributed by atoms with van der Waals surface area (Å²) in [6, 6.07) is 10.3. The molecule has 6 nitrogen and oxygen atoms in total. The first-order chi connectivity index (χ1) is 16.1. The number of aryl methyl sites for hydroxylation is 1. The summed E-state index contributed by atoms with van der Waals surface area (Å²) in [7, 11) is 0. The number of fused-ring (bicyclic) bond motifs is 1. The standard InChI is InChI=1S/C26H32Cl2N2O4/c1-5-21(25(32)29-26(2,3)4)30(16-18-8-9-19(27)15-20(18)28)24(31)11-7-17-6-10-22-23(14-17)34-13-12-33-22/h6,8-10,14-15,21H,5,7,11-13,16H2,1-4H3,(H,29,32)/t21-/m0/s1. The van der Waals surface area contributed by atoms with Gasteiger partial charge in [-0.15, -0.1) is 0 Å². The summed E-state index contributed by atoms with van der Waals surface area (Å²) in [6.45, 7) is 8.91. The minimum atomic E-state index is -0.626. The lowest BCUT2D eigenvalue weighted by molar-refractivity contribution is -0.142. The number of hydrogen-bond acceptors (Lipinski definition) is 4. The van der Waals surface area contributed by atoms with Crippen LogP contribution >= 0.6 is 23.2 Å². The van der Waals surface area contributed by atoms with Gasteiger partial charge in [0.1, 0.15) is 19.3 Å². The van der Waals surface area contributed by atoms with E-state index in [0.29, 0.717) is 47.6 Å². The monoisotopic (exact) mass is 506 g/mol. The molecule has 34 heavy (non-hydrogen) atoms. The van der Waals surface area contributed by atoms with Gasteiger partial charge < -0.3 is 19.7 Å². The van der Waals surface area contributed by atoms with Crippen LogP contribution in [-0.4, -0.2) is 41.5 Å². The van der Waals surface area contributed by atoms with Crippen molar-refractivity contribution in [3.63, 3.8) is 0 Å². The SMILES string of the molecule is CC[C@@H](C(=O)NC(C)(C)C)N(Cc1ccc(Cl)cc1Cl)C(=O)CCc1ccc2c(c1)OCCO2. The Labute approximate surface area is 211 Å². The molecular weight excluding hydrogens is 475 g/mol. The lowest BCUT2D eigenvalue weighted by atomic mass is 10.0. The molecule has 0 unspecified atom stereocenters. The molecule has 0 aliphatic carbocycles. The van der Waals surface area contributed by atoms with Crippen LogP contribution in [0, 0.1) is 0 Å². The van der Waals surface area contributed by atoms with Crippen LogP contribution in [0.4, 0.5) is 0 Å². The maximum atomic E-state index is 13.5. The molecule has 1 aliphatic heterocycles. The van der Waals surface area contributed by atoms with Crippen LogP contribution in [0.3, 0.4) is 0 Å². The fourth-order valence-electron chi connectivity index (χ4n) is 3.84. The number of benzene rings is 2. The number of amides is 2. The van der Waals surface area contributed by atoms with E-state index >= 15 is 0 Å². The predicted octanol–water partition coefficient (Wildman–Crippen LogP) is 5.42. The largest absolute Gasteiger partial charge is 0.486 e. The first-order valence-corrected chi connectivity index (χ1v) is 12.3. The van der Waals surface area contributed by atoms with E-state index in [4.69, 9.17) is 32.7 Å². The molecule has 1 heterocycles. The molecular formula is C26H32Cl2N2O4. The first-order valence-electron chi connectivity index (χ1n) is 11.5. The van der Waals surface area contributed by atoms with Gasteiger partial charge in [-0.3, -0.25) is 9.59 Å². The Morgan fingerprint density at radius 2 is 1.76 bits per heavy atom. The first kappa shape index (κ1) is 26.2. The molecule has 8 heteroatoms. The molecule has 0 saturated heterocycles. The smallest absolute Gasteiger partial charge is 0.243 e. The number of hydrogen-bond donors (Lipinski definition) is 1. The summed E-state index contributed by atoms with van der Waals surface area (Å²) in [6.07, 6.45) is 1.23. The summed E-state index contributed by atoms with van der Waals surface area (Å²) in [4.78, 5) is 28.2. The van der Waals surface area contributed by atoms with Gasteiger partial charge in [-0.1, -0.05) is 42.3 Å². The van der Waals surface area contributed by atoms with Crippen LogP contribution in [0.5, 0.6) is 11.5 Å². The summed E-state index contributed by atoms with van der Waals surface area (Å²) >= 11 is 12.5. The maximum Gasteiger partial charge on any atom is 0.243 e. The number of carbonyl (C=O) groups is 2. The number of rotatable bonds is 8. The highest BCUT2D eigenvalue weighted by molar-refractivity contribution is 6.35. The van der Waals surface area contributed by atoms with Crippen LogP contribution < -0.4 is 14.8 Å². The van der Waals surface area contributed by atoms with Crippen LogP contribution in [-0.2, 0) is 22.6 Å². The van der Waals surface area contributed by atoms with Crippen LogP contribution in [0.2, 0.25) is 10.0 Å². The molecule has 1 atom stereocenters. The van der Waals surface area contributed by atoms with Gasteiger partial charge in [0.15, 0.2) is 11.5 Å². The van der Waals surface area contributed by atoms with Gasteiger partial charge in [0.2, 0.25) is 11.8 Å². The zero-order valence-corrected chi connectivity index (χ0v) is 21.6. The molecule has 1 N–H and O–H groups in total. The molecule has 3 rings (SSSR count). The van der Waals surface area contributed by atoms with Gasteiger partial charge in [-0.25, -0.2) is 0 Å². The van der Waals surface area contributed by atoms with Gasteiger partial charge in [-0.2, -0.15) is 0 Å². The Morgan fingerprint density at radius 1 is 1.06 bits per heavy atom. The van der Waals surface area contributed by atoms with E-state index in [1.54, 1.807) is 23.1 Å². The Bertz CT molecular complexity index is 1040. The van der Waals surface area contributed by atoms with E-state index in [9.17, 15) is 9.59 Å². The van der Waals surface area contributed by atoms with Gasteiger partial charge in [-0.05, 0) is 69.0 Å². The molecule has 0 saturated carbocycles. The van der Waals surface area contributed by atoms with E-state index < -0.39 is 11.6 Å². The third-order valence-electron chi connectivity index (χ3n) is 5.47. The van der Waals surface area contributed by atoms with Crippen LogP contribution in [0.1, 0.15) is 51.7 Å². The molecule has 2 aromatic rings. The molecule has 0 radical (unpaired) electrons. The van der Waals surface area contributed by atoms with Gasteiger partial charge in [0, 0.05) is 28.5 Å². The van der Waals surface area contributed by atoms with Crippen molar-refractivity contribution in [2.45, 2.75) is 65.1 Å². The minimum absolute atomic E-state index is 0.128. The van der Waals surface area contributed by atoms with Crippen molar-refractivity contribution in [3.8, 4) is 11.5 Å². The number of nitrogens with one attached hydrogen (secondary N) is 1. The third kappa shape index (κ3) is 7.03. The van der Waals surface area contributed by atoms with E-state index in [0.717, 1.165) is 11.1 Å². The van der Waals surface area contributed by atoms with Crippen molar-refractivity contribution in [3.05, 3.63) is 57.6 Å². The Balaban J connectivity index is 1.80. The molecule has 0 fully saturated rings. The Morgan fingerprint density at radius 3 is 2.41 bits per heavy atom. The lowest BCUT2D eigenvalue weighted by Gasteiger charge is -2.33. The summed E-state index contributed by atoms with van der Waals surface area (Å²) in [5.74, 6) is 1.09. The van der Waals surface area contributed by atoms with Crippen molar-refractivity contribution in [1.82, 2.24) is 10.2 Å². The highest BCUT2D eigenvalue weighted by Gasteiger charge is 2.31. The quantitative estimate of drug-likeness (QED) is 0.518. The summed E-state index contributed by atoms with van der Waals surface area (Å²) in [5, 5.41) is 3.98. The third-order valence-corrected chi connectivity index (χ3v) is 6.06. The molecule has 2 amide bonds. The molecule has 0 spiro atoms. The Kier molecular flexibility index (Phi) is 8.72. The fraction of sp³-hybridized carbons (Fsp3) is 0.462. The molecule has 0 aromatic heterocycles. The average Bonchev–Trinajstić information content (AvgIpc) is 2.77. The predicted molar refractivity (Wildman–Crippen MR) is 135 cm³/mol. The molecule has 0 bridgehead atoms. The van der Waals surface area contributed by atoms with Crippen LogP contribution in [0.25, 0.3) is 0 Å². The molecule has 184 valence electrons. The summed E-state index contributed by atoms with van der Waals surface area (Å²) in [5.41, 5.74) is 1.29. The van der Waals surface area contributed by atoms with E-state index in [-0.39, 0.29) is 24.8 Å². The van der Waals surface area contributed by atoms with Crippen LogP contribution in [0.15, 0.2) is 36.4 Å². The fourth-order valence-corrected chi connectivity index (χ4v) is 4.31. The minimum Gasteiger partial charge on any atom is -0.486 e. The van der Waals surface area contributed by atoms with Crippen molar-refractivity contribution in [1.29, 1.82) is 0 Å².